The number of halogens is 2. The molecule has 2 rings (SSSR count). The van der Waals surface area contributed by atoms with Gasteiger partial charge >= 0.3 is 5.97 Å². The molecule has 0 fully saturated rings. The van der Waals surface area contributed by atoms with Gasteiger partial charge in [0.2, 0.25) is 0 Å². The minimum absolute atomic E-state index is 0.0316. The lowest BCUT2D eigenvalue weighted by Crippen LogP contribution is -2.15. The molecular weight excluding hydrogens is 280 g/mol. The molecule has 0 aliphatic heterocycles. The summed E-state index contributed by atoms with van der Waals surface area (Å²) in [7, 11) is 0. The van der Waals surface area contributed by atoms with Crippen LogP contribution in [0.25, 0.3) is 0 Å². The van der Waals surface area contributed by atoms with Crippen molar-refractivity contribution in [3.05, 3.63) is 59.7 Å². The van der Waals surface area contributed by atoms with Crippen LogP contribution >= 0.6 is 0 Å². The minimum atomic E-state index is -1.02. The fraction of sp³-hybridized carbons (Fsp3) is 0.133. The summed E-state index contributed by atoms with van der Waals surface area (Å²) in [4.78, 5) is 11.5. The first-order chi connectivity index (χ1) is 10.1. The summed E-state index contributed by atoms with van der Waals surface area (Å²) in [6, 6.07) is 10.1. The van der Waals surface area contributed by atoms with E-state index >= 15 is 0 Å². The maximum Gasteiger partial charge on any atom is 0.344 e. The second kappa shape index (κ2) is 6.69. The van der Waals surface area contributed by atoms with Crippen molar-refractivity contribution in [1.82, 2.24) is 0 Å². The third-order valence-electron chi connectivity index (χ3n) is 2.66. The lowest BCUT2D eigenvalue weighted by atomic mass is 10.2. The number of carbonyl (C=O) groups excluding carboxylic acids is 1. The molecule has 0 radical (unpaired) electrons. The molecule has 110 valence electrons. The molecule has 0 amide bonds. The Kier molecular flexibility index (Phi) is 4.71. The molecule has 6 heteroatoms. The first-order valence-corrected chi connectivity index (χ1v) is 6.13. The van der Waals surface area contributed by atoms with Gasteiger partial charge in [-0.2, -0.15) is 0 Å². The minimum Gasteiger partial charge on any atom is -0.482 e. The van der Waals surface area contributed by atoms with Crippen molar-refractivity contribution in [1.29, 1.82) is 0 Å². The molecule has 0 spiro atoms. The Balaban J connectivity index is 1.82. The van der Waals surface area contributed by atoms with Crippen molar-refractivity contribution in [2.24, 2.45) is 0 Å². The zero-order valence-electron chi connectivity index (χ0n) is 11.0. The predicted molar refractivity (Wildman–Crippen MR) is 72.5 cm³/mol. The van der Waals surface area contributed by atoms with E-state index < -0.39 is 17.6 Å². The number of nitrogen functional groups attached to an aromatic ring is 1. The number of carbonyl (C=O) groups is 1. The van der Waals surface area contributed by atoms with Gasteiger partial charge in [-0.25, -0.2) is 13.6 Å². The zero-order valence-corrected chi connectivity index (χ0v) is 11.0. The predicted octanol–water partition coefficient (Wildman–Crippen LogP) is 2.67. The Bertz CT molecular complexity index is 629. The fourth-order valence-electron chi connectivity index (χ4n) is 1.57. The summed E-state index contributed by atoms with van der Waals surface area (Å²) < 4.78 is 36.3. The van der Waals surface area contributed by atoms with Gasteiger partial charge in [0.25, 0.3) is 0 Å². The molecular formula is C15H13F2NO3. The standard InChI is InChI=1S/C15H13F2NO3/c16-13-3-1-2-10(15(13)17)8-21-14(19)9-20-12-6-4-11(18)5-7-12/h1-7H,8-9,18H2. The molecule has 0 saturated carbocycles. The molecule has 0 bridgehead atoms. The van der Waals surface area contributed by atoms with Crippen LogP contribution in [-0.4, -0.2) is 12.6 Å². The van der Waals surface area contributed by atoms with Crippen molar-refractivity contribution in [3.8, 4) is 5.75 Å². The highest BCUT2D eigenvalue weighted by Gasteiger charge is 2.10. The summed E-state index contributed by atoms with van der Waals surface area (Å²) in [6.07, 6.45) is 0. The van der Waals surface area contributed by atoms with Gasteiger partial charge in [0.1, 0.15) is 12.4 Å². The summed E-state index contributed by atoms with van der Waals surface area (Å²) >= 11 is 0. The van der Waals surface area contributed by atoms with Crippen molar-refractivity contribution in [3.63, 3.8) is 0 Å². The van der Waals surface area contributed by atoms with Gasteiger partial charge in [-0.15, -0.1) is 0 Å². The number of hydrogen-bond acceptors (Lipinski definition) is 4. The summed E-state index contributed by atoms with van der Waals surface area (Å²) in [5, 5.41) is 0. The van der Waals surface area contributed by atoms with E-state index in [-0.39, 0.29) is 18.8 Å². The molecule has 0 heterocycles. The normalized spacial score (nSPS) is 10.2. The quantitative estimate of drug-likeness (QED) is 0.680. The zero-order chi connectivity index (χ0) is 15.2. The van der Waals surface area contributed by atoms with E-state index in [0.29, 0.717) is 11.4 Å². The fourth-order valence-corrected chi connectivity index (χ4v) is 1.57. The molecule has 0 saturated heterocycles. The monoisotopic (exact) mass is 293 g/mol. The third-order valence-corrected chi connectivity index (χ3v) is 2.66. The topological polar surface area (TPSA) is 61.5 Å². The number of anilines is 1. The first-order valence-electron chi connectivity index (χ1n) is 6.13. The molecule has 0 aliphatic rings. The molecule has 21 heavy (non-hydrogen) atoms. The Labute approximate surface area is 120 Å². The van der Waals surface area contributed by atoms with Crippen molar-refractivity contribution < 1.29 is 23.0 Å². The van der Waals surface area contributed by atoms with Crippen LogP contribution in [0.15, 0.2) is 42.5 Å². The van der Waals surface area contributed by atoms with Crippen molar-refractivity contribution in [2.75, 3.05) is 12.3 Å². The van der Waals surface area contributed by atoms with Crippen molar-refractivity contribution >= 4 is 11.7 Å². The number of esters is 1. The first kappa shape index (κ1) is 14.8. The van der Waals surface area contributed by atoms with Gasteiger partial charge in [0.15, 0.2) is 18.2 Å². The highest BCUT2D eigenvalue weighted by atomic mass is 19.2. The van der Waals surface area contributed by atoms with Crippen LogP contribution in [0.2, 0.25) is 0 Å². The number of rotatable bonds is 5. The van der Waals surface area contributed by atoms with Crippen molar-refractivity contribution in [2.45, 2.75) is 6.61 Å². The maximum atomic E-state index is 13.3. The Hall–Kier alpha value is -2.63. The number of ether oxygens (including phenoxy) is 2. The average Bonchev–Trinajstić information content (AvgIpc) is 2.48. The smallest absolute Gasteiger partial charge is 0.344 e. The van der Waals surface area contributed by atoms with Crippen LogP contribution in [0.1, 0.15) is 5.56 Å². The molecule has 0 unspecified atom stereocenters. The number of hydrogen-bond donors (Lipinski definition) is 1. The van der Waals surface area contributed by atoms with Crippen LogP contribution < -0.4 is 10.5 Å². The van der Waals surface area contributed by atoms with E-state index in [4.69, 9.17) is 15.2 Å². The van der Waals surface area contributed by atoms with Crippen LogP contribution in [-0.2, 0) is 16.1 Å². The SMILES string of the molecule is Nc1ccc(OCC(=O)OCc2cccc(F)c2F)cc1. The largest absolute Gasteiger partial charge is 0.482 e. The summed E-state index contributed by atoms with van der Waals surface area (Å²) in [6.45, 7) is -0.686. The van der Waals surface area contributed by atoms with E-state index in [9.17, 15) is 13.6 Å². The highest BCUT2D eigenvalue weighted by Crippen LogP contribution is 2.14. The molecule has 2 aromatic carbocycles. The van der Waals surface area contributed by atoms with Crippen LogP contribution in [0, 0.1) is 11.6 Å². The van der Waals surface area contributed by atoms with E-state index in [2.05, 4.69) is 0 Å². The van der Waals surface area contributed by atoms with E-state index in [1.807, 2.05) is 0 Å². The second-order valence-electron chi connectivity index (χ2n) is 4.23. The van der Waals surface area contributed by atoms with E-state index in [1.54, 1.807) is 24.3 Å². The van der Waals surface area contributed by atoms with Gasteiger partial charge in [-0.05, 0) is 30.3 Å². The molecule has 0 aromatic heterocycles. The van der Waals surface area contributed by atoms with Crippen LogP contribution in [0.3, 0.4) is 0 Å². The third kappa shape index (κ3) is 4.17. The molecule has 0 aliphatic carbocycles. The summed E-state index contributed by atoms with van der Waals surface area (Å²) in [5.74, 6) is -2.24. The Morgan fingerprint density at radius 1 is 1.10 bits per heavy atom. The molecule has 0 atom stereocenters. The number of nitrogens with two attached hydrogens (primary N) is 1. The maximum absolute atomic E-state index is 13.3. The van der Waals surface area contributed by atoms with Crippen LogP contribution in [0.4, 0.5) is 14.5 Å². The van der Waals surface area contributed by atoms with Gasteiger partial charge in [-0.1, -0.05) is 12.1 Å². The van der Waals surface area contributed by atoms with Gasteiger partial charge in [0, 0.05) is 11.3 Å². The average molecular weight is 293 g/mol. The Morgan fingerprint density at radius 2 is 1.81 bits per heavy atom. The lowest BCUT2D eigenvalue weighted by Gasteiger charge is -2.08. The molecule has 2 N–H and O–H groups in total. The van der Waals surface area contributed by atoms with Gasteiger partial charge < -0.3 is 15.2 Å². The second-order valence-corrected chi connectivity index (χ2v) is 4.23. The highest BCUT2D eigenvalue weighted by molar-refractivity contribution is 5.71. The molecule has 2 aromatic rings. The number of benzene rings is 2. The van der Waals surface area contributed by atoms with Crippen LogP contribution in [0.5, 0.6) is 5.75 Å². The van der Waals surface area contributed by atoms with Gasteiger partial charge in [0.05, 0.1) is 0 Å². The van der Waals surface area contributed by atoms with Gasteiger partial charge in [-0.3, -0.25) is 0 Å². The van der Waals surface area contributed by atoms with E-state index in [1.165, 1.54) is 12.1 Å². The summed E-state index contributed by atoms with van der Waals surface area (Å²) in [5.41, 5.74) is 6.05. The Morgan fingerprint density at radius 3 is 2.52 bits per heavy atom. The molecule has 4 nitrogen and oxygen atoms in total. The lowest BCUT2D eigenvalue weighted by molar-refractivity contribution is -0.147. The van der Waals surface area contributed by atoms with E-state index in [0.717, 1.165) is 6.07 Å².